The van der Waals surface area contributed by atoms with Crippen molar-refractivity contribution in [1.29, 1.82) is 0 Å². The zero-order valence-electron chi connectivity index (χ0n) is 24.4. The number of halogens is 2. The van der Waals surface area contributed by atoms with Crippen molar-refractivity contribution in [3.05, 3.63) is 0 Å². The van der Waals surface area contributed by atoms with Gasteiger partial charge in [-0.3, -0.25) is 10.2 Å². The molecule has 0 radical (unpaired) electrons. The number of aliphatic carboxylic acids is 1. The molecule has 13 atom stereocenters. The van der Waals surface area contributed by atoms with Gasteiger partial charge in [-0.05, 0) is 93.3 Å². The average molecular weight is 555 g/mol. The molecule has 0 aromatic heterocycles. The number of fused-ring (bicyclic) bond motifs is 1. The van der Waals surface area contributed by atoms with Crippen LogP contribution >= 0.6 is 0 Å². The van der Waals surface area contributed by atoms with Crippen LogP contribution in [-0.4, -0.2) is 78.5 Å². The number of carboxylic acids is 1. The number of hydrogen-bond donors (Lipinski definition) is 2. The van der Waals surface area contributed by atoms with E-state index in [2.05, 4.69) is 37.9 Å². The molecule has 5 fully saturated rings. The summed E-state index contributed by atoms with van der Waals surface area (Å²) in [5.41, 5.74) is 0. The minimum Gasteiger partial charge on any atom is -0.480 e. The Bertz CT molecular complexity index is 832. The van der Waals surface area contributed by atoms with Crippen LogP contribution in [0.15, 0.2) is 0 Å². The van der Waals surface area contributed by atoms with Crippen LogP contribution in [0, 0.1) is 41.4 Å². The van der Waals surface area contributed by atoms with E-state index in [4.69, 9.17) is 14.6 Å². The van der Waals surface area contributed by atoms with Gasteiger partial charge in [-0.2, -0.15) is 0 Å². The topological polar surface area (TPSA) is 74.3 Å². The maximum atomic E-state index is 14.6. The minimum absolute atomic E-state index is 0.0210. The quantitative estimate of drug-likeness (QED) is 0.350. The van der Waals surface area contributed by atoms with Gasteiger partial charge in [-0.1, -0.05) is 33.6 Å². The maximum absolute atomic E-state index is 14.6. The summed E-state index contributed by atoms with van der Waals surface area (Å²) >= 11 is 0. The van der Waals surface area contributed by atoms with Crippen molar-refractivity contribution in [2.24, 2.45) is 41.4 Å². The Labute approximate surface area is 233 Å². The normalized spacial score (nSPS) is 46.8. The molecule has 0 bridgehead atoms. The number of ether oxygens (including phenoxy) is 2. The second kappa shape index (κ2) is 12.6. The highest BCUT2D eigenvalue weighted by Gasteiger charge is 2.53. The Kier molecular flexibility index (Phi) is 9.57. The van der Waals surface area contributed by atoms with Crippen LogP contribution in [0.4, 0.5) is 8.78 Å². The Balaban J connectivity index is 1.10. The Morgan fingerprint density at radius 1 is 1.08 bits per heavy atom. The van der Waals surface area contributed by atoms with E-state index < -0.39 is 31.0 Å². The van der Waals surface area contributed by atoms with Gasteiger partial charge in [0.2, 0.25) is 0 Å². The lowest BCUT2D eigenvalue weighted by atomic mass is 9.73. The lowest BCUT2D eigenvalue weighted by molar-refractivity contribution is -0.149. The number of nitrogens with one attached hydrogen (secondary N) is 1. The van der Waals surface area contributed by atoms with Gasteiger partial charge in [-0.15, -0.1) is 0 Å². The summed E-state index contributed by atoms with van der Waals surface area (Å²) in [5, 5.41) is 12.7. The van der Waals surface area contributed by atoms with Gasteiger partial charge in [0, 0.05) is 25.2 Å². The number of hydrogen-bond acceptors (Lipinski definition) is 5. The molecule has 3 aliphatic carbocycles. The first kappa shape index (κ1) is 29.7. The summed E-state index contributed by atoms with van der Waals surface area (Å²) in [6, 6.07) is 0.874. The molecule has 6 nitrogen and oxygen atoms in total. The third kappa shape index (κ3) is 6.81. The zero-order valence-corrected chi connectivity index (χ0v) is 24.4. The number of alkyl halides is 2. The van der Waals surface area contributed by atoms with Crippen molar-refractivity contribution in [2.75, 3.05) is 19.7 Å². The minimum atomic E-state index is -1.74. The fraction of sp³-hybridized carbons (Fsp3) is 0.968. The van der Waals surface area contributed by atoms with Crippen molar-refractivity contribution in [3.63, 3.8) is 0 Å². The van der Waals surface area contributed by atoms with Crippen LogP contribution in [0.2, 0.25) is 0 Å². The van der Waals surface area contributed by atoms with E-state index in [1.807, 2.05) is 0 Å². The zero-order chi connectivity index (χ0) is 27.8. The van der Waals surface area contributed by atoms with Crippen molar-refractivity contribution >= 4 is 5.97 Å². The third-order valence-corrected chi connectivity index (χ3v) is 11.4. The molecule has 5 aliphatic rings. The lowest BCUT2D eigenvalue weighted by Gasteiger charge is -2.40. The number of carbonyl (C=O) groups is 1. The maximum Gasteiger partial charge on any atom is 0.329 e. The highest BCUT2D eigenvalue weighted by molar-refractivity contribution is 5.68. The first-order valence-electron chi connectivity index (χ1n) is 15.9. The van der Waals surface area contributed by atoms with Crippen molar-refractivity contribution in [3.8, 4) is 0 Å². The van der Waals surface area contributed by atoms with E-state index in [1.165, 1.54) is 32.1 Å². The molecule has 224 valence electrons. The molecule has 39 heavy (non-hydrogen) atoms. The Hall–Kier alpha value is -0.830. The molecular weight excluding hydrogens is 502 g/mol. The predicted molar refractivity (Wildman–Crippen MR) is 147 cm³/mol. The largest absolute Gasteiger partial charge is 0.480 e. The summed E-state index contributed by atoms with van der Waals surface area (Å²) in [6.07, 6.45) is 5.73. The highest BCUT2D eigenvalue weighted by Crippen LogP contribution is 2.49. The molecule has 2 N–H and O–H groups in total. The molecular formula is C31H52F2N2O4. The summed E-state index contributed by atoms with van der Waals surface area (Å²) in [7, 11) is 0. The fourth-order valence-corrected chi connectivity index (χ4v) is 8.84. The van der Waals surface area contributed by atoms with E-state index in [0.717, 1.165) is 43.7 Å². The molecule has 0 amide bonds. The molecule has 0 aromatic carbocycles. The van der Waals surface area contributed by atoms with Crippen LogP contribution < -0.4 is 5.32 Å². The van der Waals surface area contributed by atoms with Gasteiger partial charge in [0.25, 0.3) is 0 Å². The summed E-state index contributed by atoms with van der Waals surface area (Å²) in [5.74, 6) is 3.02. The van der Waals surface area contributed by atoms with Crippen molar-refractivity contribution in [1.82, 2.24) is 10.2 Å². The summed E-state index contributed by atoms with van der Waals surface area (Å²) in [4.78, 5) is 13.5. The number of likely N-dealkylation sites (tertiary alicyclic amines) is 1. The summed E-state index contributed by atoms with van der Waals surface area (Å²) < 4.78 is 40.4. The van der Waals surface area contributed by atoms with Crippen LogP contribution in [0.1, 0.15) is 85.5 Å². The van der Waals surface area contributed by atoms with Gasteiger partial charge in [-0.25, -0.2) is 13.6 Å². The Morgan fingerprint density at radius 3 is 2.62 bits per heavy atom. The number of nitrogens with zero attached hydrogens (tertiary/aromatic N) is 1. The van der Waals surface area contributed by atoms with E-state index >= 15 is 0 Å². The van der Waals surface area contributed by atoms with Crippen LogP contribution in [0.5, 0.6) is 0 Å². The second-order valence-electron chi connectivity index (χ2n) is 14.1. The SMILES string of the molecule is CC(C)C1CCCC(CNC2OC2C2CCC3C(C2)C(C)C(C)N3CC2CC(F)C(F)C(OCC(=O)O)C2)C1. The average Bonchev–Trinajstić information content (AvgIpc) is 3.66. The van der Waals surface area contributed by atoms with Gasteiger partial charge in [0.05, 0.1) is 6.10 Å². The molecule has 3 saturated carbocycles. The van der Waals surface area contributed by atoms with E-state index in [9.17, 15) is 13.6 Å². The smallest absolute Gasteiger partial charge is 0.329 e. The van der Waals surface area contributed by atoms with Gasteiger partial charge in [0.1, 0.15) is 25.1 Å². The highest BCUT2D eigenvalue weighted by atomic mass is 19.2. The van der Waals surface area contributed by atoms with Crippen molar-refractivity contribution in [2.45, 2.75) is 128 Å². The van der Waals surface area contributed by atoms with Crippen molar-refractivity contribution < 1.29 is 28.2 Å². The van der Waals surface area contributed by atoms with Crippen LogP contribution in [-0.2, 0) is 14.3 Å². The molecule has 8 heteroatoms. The lowest BCUT2D eigenvalue weighted by Crippen LogP contribution is -2.48. The molecule has 2 heterocycles. The molecule has 5 rings (SSSR count). The molecule has 0 aromatic rings. The molecule has 0 spiro atoms. The molecule has 2 aliphatic heterocycles. The van der Waals surface area contributed by atoms with Gasteiger partial charge < -0.3 is 14.6 Å². The van der Waals surface area contributed by atoms with Crippen LogP contribution in [0.25, 0.3) is 0 Å². The monoisotopic (exact) mass is 554 g/mol. The molecule has 2 saturated heterocycles. The third-order valence-electron chi connectivity index (χ3n) is 11.4. The standard InChI is InChI=1S/C31H52F2N2O4/c1-17(2)22-7-5-6-20(10-22)14-34-31-30(39-31)23-8-9-26-24(13-23)18(3)19(4)35(26)15-21-11-25(32)29(33)27(12-21)38-16-28(36)37/h17-27,29-31,34H,5-16H2,1-4H3,(H,36,37). The first-order chi connectivity index (χ1) is 18.6. The molecule has 13 unspecified atom stereocenters. The van der Waals surface area contributed by atoms with Gasteiger partial charge >= 0.3 is 5.97 Å². The predicted octanol–water partition coefficient (Wildman–Crippen LogP) is 5.44. The van der Waals surface area contributed by atoms with E-state index in [1.54, 1.807) is 0 Å². The Morgan fingerprint density at radius 2 is 1.87 bits per heavy atom. The first-order valence-corrected chi connectivity index (χ1v) is 15.9. The number of carboxylic acid groups (broad SMARTS) is 1. The van der Waals surface area contributed by atoms with E-state index in [-0.39, 0.29) is 18.6 Å². The number of epoxide rings is 1. The van der Waals surface area contributed by atoms with Gasteiger partial charge in [0.15, 0.2) is 6.17 Å². The van der Waals surface area contributed by atoms with E-state index in [0.29, 0.717) is 42.4 Å². The summed E-state index contributed by atoms with van der Waals surface area (Å²) in [6.45, 7) is 10.6. The van der Waals surface area contributed by atoms with Crippen LogP contribution in [0.3, 0.4) is 0 Å². The fourth-order valence-electron chi connectivity index (χ4n) is 8.84. The number of rotatable bonds is 10. The second-order valence-corrected chi connectivity index (χ2v) is 14.1.